The highest BCUT2D eigenvalue weighted by Crippen LogP contribution is 2.32. The molecule has 2 heterocycles. The van der Waals surface area contributed by atoms with Gasteiger partial charge in [0, 0.05) is 39.5 Å². The molecule has 2 aromatic carbocycles. The van der Waals surface area contributed by atoms with Crippen molar-refractivity contribution in [1.29, 1.82) is 0 Å². The van der Waals surface area contributed by atoms with E-state index in [0.29, 0.717) is 12.3 Å². The molecule has 1 aliphatic rings. The van der Waals surface area contributed by atoms with E-state index in [1.165, 1.54) is 6.92 Å². The van der Waals surface area contributed by atoms with Crippen molar-refractivity contribution in [2.45, 2.75) is 105 Å². The van der Waals surface area contributed by atoms with Crippen LogP contribution >= 0.6 is 0 Å². The van der Waals surface area contributed by atoms with Gasteiger partial charge in [0.15, 0.2) is 12.2 Å². The summed E-state index contributed by atoms with van der Waals surface area (Å²) in [7, 11) is 0. The van der Waals surface area contributed by atoms with Crippen LogP contribution in [0.1, 0.15) is 78.1 Å². The first-order valence-electron chi connectivity index (χ1n) is 17.5. The van der Waals surface area contributed by atoms with Crippen LogP contribution in [-0.2, 0) is 65.5 Å². The van der Waals surface area contributed by atoms with Gasteiger partial charge < -0.3 is 37.9 Å². The number of nitrogens with zero attached hydrogens (tertiary/aromatic N) is 2. The predicted octanol–water partition coefficient (Wildman–Crippen LogP) is 4.67. The maximum Gasteiger partial charge on any atom is 0.315 e. The summed E-state index contributed by atoms with van der Waals surface area (Å²) in [5.41, 5.74) is 1.69. The Kier molecular flexibility index (Phi) is 14.2. The van der Waals surface area contributed by atoms with Gasteiger partial charge in [-0.3, -0.25) is 28.7 Å². The minimum atomic E-state index is -1.43. The van der Waals surface area contributed by atoms with Crippen LogP contribution in [0.25, 0.3) is 0 Å². The molecule has 15 heteroatoms. The number of hydrogen-bond donors (Lipinski definition) is 0. The van der Waals surface area contributed by atoms with Crippen molar-refractivity contribution >= 4 is 29.8 Å². The highest BCUT2D eigenvalue weighted by atomic mass is 16.7. The molecule has 54 heavy (non-hydrogen) atoms. The van der Waals surface area contributed by atoms with Crippen LogP contribution in [0, 0.1) is 5.41 Å². The Hall–Kier alpha value is -5.44. The molecule has 1 aliphatic heterocycles. The lowest BCUT2D eigenvalue weighted by Crippen LogP contribution is -2.63. The molecule has 292 valence electrons. The average Bonchev–Trinajstić information content (AvgIpc) is 3.50. The molecule has 0 spiro atoms. The van der Waals surface area contributed by atoms with Gasteiger partial charge in [0.05, 0.1) is 12.0 Å². The Labute approximate surface area is 314 Å². The molecular weight excluding hydrogens is 704 g/mol. The van der Waals surface area contributed by atoms with Gasteiger partial charge in [0.1, 0.15) is 31.7 Å². The summed E-state index contributed by atoms with van der Waals surface area (Å²) in [6.45, 7) is 12.4. The van der Waals surface area contributed by atoms with Gasteiger partial charge in [0.25, 0.3) is 0 Å². The summed E-state index contributed by atoms with van der Waals surface area (Å²) >= 11 is 0. The number of carbonyl (C=O) groups is 5. The van der Waals surface area contributed by atoms with Gasteiger partial charge in [0.2, 0.25) is 18.3 Å². The number of aromatic nitrogens is 2. The molecule has 0 radical (unpaired) electrons. The predicted molar refractivity (Wildman–Crippen MR) is 190 cm³/mol. The van der Waals surface area contributed by atoms with Crippen LogP contribution in [0.4, 0.5) is 0 Å². The monoisotopic (exact) mass is 752 g/mol. The van der Waals surface area contributed by atoms with Gasteiger partial charge in [-0.05, 0) is 43.0 Å². The number of benzene rings is 2. The van der Waals surface area contributed by atoms with Crippen molar-refractivity contribution in [3.8, 4) is 11.6 Å². The molecule has 0 amide bonds. The average molecular weight is 753 g/mol. The quantitative estimate of drug-likeness (QED) is 0.146. The molecule has 0 aliphatic carbocycles. The fourth-order valence-corrected chi connectivity index (χ4v) is 5.56. The molecule has 0 saturated carbocycles. The van der Waals surface area contributed by atoms with Crippen molar-refractivity contribution < 1.29 is 61.9 Å². The number of hydrogen-bond acceptors (Lipinski definition) is 14. The van der Waals surface area contributed by atoms with E-state index in [0.717, 1.165) is 37.6 Å². The Bertz CT molecular complexity index is 1750. The van der Waals surface area contributed by atoms with Crippen molar-refractivity contribution in [3.05, 3.63) is 77.5 Å². The summed E-state index contributed by atoms with van der Waals surface area (Å²) in [6, 6.07) is 18.5. The summed E-state index contributed by atoms with van der Waals surface area (Å²) in [5, 5.41) is 4.65. The topological polar surface area (TPSA) is 177 Å². The standard InChI is InChI=1S/C39H48N2O13/c1-23(2)31-18-33(54-37-36(52-27(6)45)35(51-26(5)44)34(50-25(4)43)32(53-37)21-47-24(3)42)40-41(31)19-28-14-16-30(17-15-28)49-22-39(7,8)38(46)48-20-29-12-10-9-11-13-29/h9-18,23,32,34-37H,19-22H2,1-8H3/t32-,34-,35+,36-,37+/m1/s1. The smallest absolute Gasteiger partial charge is 0.315 e. The molecule has 5 atom stereocenters. The van der Waals surface area contributed by atoms with Crippen LogP contribution in [0.15, 0.2) is 60.7 Å². The van der Waals surface area contributed by atoms with Crippen LogP contribution in [0.3, 0.4) is 0 Å². The van der Waals surface area contributed by atoms with Gasteiger partial charge in [-0.2, -0.15) is 0 Å². The molecule has 0 bridgehead atoms. The first-order valence-corrected chi connectivity index (χ1v) is 17.5. The lowest BCUT2D eigenvalue weighted by molar-refractivity contribution is -0.289. The highest BCUT2D eigenvalue weighted by Gasteiger charge is 2.53. The maximum absolute atomic E-state index is 12.8. The van der Waals surface area contributed by atoms with Crippen molar-refractivity contribution in [2.24, 2.45) is 5.41 Å². The fraction of sp³-hybridized carbons (Fsp3) is 0.487. The van der Waals surface area contributed by atoms with Crippen molar-refractivity contribution in [3.63, 3.8) is 0 Å². The number of esters is 5. The van der Waals surface area contributed by atoms with Crippen LogP contribution in [0.5, 0.6) is 11.6 Å². The van der Waals surface area contributed by atoms with Gasteiger partial charge in [-0.1, -0.05) is 56.3 Å². The molecule has 3 aromatic rings. The minimum Gasteiger partial charge on any atom is -0.492 e. The van der Waals surface area contributed by atoms with Crippen LogP contribution in [0.2, 0.25) is 0 Å². The number of ether oxygens (including phenoxy) is 8. The lowest BCUT2D eigenvalue weighted by atomic mass is 9.95. The van der Waals surface area contributed by atoms with Crippen LogP contribution < -0.4 is 9.47 Å². The Morgan fingerprint density at radius 1 is 0.778 bits per heavy atom. The van der Waals surface area contributed by atoms with E-state index in [2.05, 4.69) is 5.10 Å². The van der Waals surface area contributed by atoms with Crippen molar-refractivity contribution in [1.82, 2.24) is 9.78 Å². The SMILES string of the molecule is CC(=O)OC[C@H]1O[C@@H](Oc2cc(C(C)C)n(Cc3ccc(OCC(C)(C)C(=O)OCc4ccccc4)cc3)n2)[C@H](OC(C)=O)[C@@H](OC(C)=O)[C@@H]1OC(C)=O. The van der Waals surface area contributed by atoms with Gasteiger partial charge in [-0.15, -0.1) is 5.10 Å². The zero-order valence-electron chi connectivity index (χ0n) is 31.8. The van der Waals surface area contributed by atoms with Gasteiger partial charge in [-0.25, -0.2) is 0 Å². The molecular formula is C39H48N2O13. The van der Waals surface area contributed by atoms with Crippen molar-refractivity contribution in [2.75, 3.05) is 13.2 Å². The van der Waals surface area contributed by atoms with E-state index in [9.17, 15) is 24.0 Å². The fourth-order valence-electron chi connectivity index (χ4n) is 5.56. The molecule has 0 unspecified atom stereocenters. The molecule has 1 saturated heterocycles. The molecule has 0 N–H and O–H groups in total. The molecule has 1 aromatic heterocycles. The zero-order valence-corrected chi connectivity index (χ0v) is 31.8. The second-order valence-electron chi connectivity index (χ2n) is 13.8. The third-order valence-electron chi connectivity index (χ3n) is 8.19. The number of carbonyl (C=O) groups excluding carboxylic acids is 5. The molecule has 4 rings (SSSR count). The third kappa shape index (κ3) is 11.8. The summed E-state index contributed by atoms with van der Waals surface area (Å²) < 4.78 is 47.0. The van der Waals surface area contributed by atoms with E-state index in [-0.39, 0.29) is 37.6 Å². The van der Waals surface area contributed by atoms with E-state index < -0.39 is 60.0 Å². The van der Waals surface area contributed by atoms with E-state index in [4.69, 9.17) is 37.9 Å². The second kappa shape index (κ2) is 18.5. The first kappa shape index (κ1) is 41.3. The normalized spacial score (nSPS) is 19.7. The third-order valence-corrected chi connectivity index (χ3v) is 8.19. The van der Waals surface area contributed by atoms with Crippen LogP contribution in [-0.4, -0.2) is 83.5 Å². The van der Waals surface area contributed by atoms with E-state index in [1.807, 2.05) is 56.3 Å². The Morgan fingerprint density at radius 3 is 1.98 bits per heavy atom. The Morgan fingerprint density at radius 2 is 1.39 bits per heavy atom. The number of rotatable bonds is 16. The second-order valence-corrected chi connectivity index (χ2v) is 13.8. The van der Waals surface area contributed by atoms with Gasteiger partial charge >= 0.3 is 29.8 Å². The first-order chi connectivity index (χ1) is 25.5. The van der Waals surface area contributed by atoms with E-state index in [1.54, 1.807) is 36.7 Å². The van der Waals surface area contributed by atoms with E-state index >= 15 is 0 Å². The lowest BCUT2D eigenvalue weighted by Gasteiger charge is -2.43. The highest BCUT2D eigenvalue weighted by molar-refractivity contribution is 5.76. The Balaban J connectivity index is 1.49. The largest absolute Gasteiger partial charge is 0.492 e. The summed E-state index contributed by atoms with van der Waals surface area (Å²) in [5.74, 6) is -2.58. The molecule has 1 fully saturated rings. The summed E-state index contributed by atoms with van der Waals surface area (Å²) in [4.78, 5) is 60.9. The minimum absolute atomic E-state index is 0.00303. The molecule has 15 nitrogen and oxygen atoms in total. The summed E-state index contributed by atoms with van der Waals surface area (Å²) in [6.07, 6.45) is -6.69. The maximum atomic E-state index is 12.8. The zero-order chi connectivity index (χ0) is 39.6.